The molecule has 0 N–H and O–H groups in total. The van der Waals surface area contributed by atoms with Crippen molar-refractivity contribution in [3.8, 4) is 0 Å². The van der Waals surface area contributed by atoms with Gasteiger partial charge in [-0.1, -0.05) is 0 Å². The Morgan fingerprint density at radius 1 is 1.62 bits per heavy atom. The van der Waals surface area contributed by atoms with Crippen LogP contribution in [0.25, 0.3) is 0 Å². The number of nitrogens with zero attached hydrogens (tertiary/aromatic N) is 1. The average Bonchev–Trinajstić information content (AvgIpc) is 2.38. The average molecular weight is 111 g/mol. The highest BCUT2D eigenvalue weighted by Crippen LogP contribution is 2.40. The van der Waals surface area contributed by atoms with E-state index in [4.69, 9.17) is 0 Å². The molecule has 0 spiro atoms. The largest absolute Gasteiger partial charge is 0.312 e. The van der Waals surface area contributed by atoms with Crippen molar-refractivity contribution < 1.29 is 4.48 Å². The predicted molar refractivity (Wildman–Crippen MR) is 33.2 cm³/mol. The molecule has 2 atom stereocenters. The Kier molecular flexibility index (Phi) is 0.762. The smallest absolute Gasteiger partial charge is 0.139 e. The number of rotatable bonds is 1. The molecule has 1 radical (unpaired) electrons. The van der Waals surface area contributed by atoms with Crippen molar-refractivity contribution >= 4 is 0 Å². The molecule has 2 unspecified atom stereocenters. The quantitative estimate of drug-likeness (QED) is 0.347. The lowest BCUT2D eigenvalue weighted by Crippen LogP contribution is -2.24. The molecule has 0 bridgehead atoms. The highest BCUT2D eigenvalue weighted by molar-refractivity contribution is 4.80. The Bertz CT molecular complexity index is 107. The number of hydrogen-bond donors (Lipinski definition) is 0. The summed E-state index contributed by atoms with van der Waals surface area (Å²) in [6.45, 7) is 7.97. The molecule has 1 heteroatoms. The van der Waals surface area contributed by atoms with Gasteiger partial charge in [-0.3, -0.25) is 0 Å². The van der Waals surface area contributed by atoms with Gasteiger partial charge in [-0.15, -0.1) is 0 Å². The maximum absolute atomic E-state index is 3.95. The zero-order valence-electron chi connectivity index (χ0n) is 5.27. The molecule has 0 saturated carbocycles. The van der Waals surface area contributed by atoms with E-state index >= 15 is 0 Å². The summed E-state index contributed by atoms with van der Waals surface area (Å²) in [4.78, 5) is 0. The maximum atomic E-state index is 3.95. The lowest BCUT2D eigenvalue weighted by atomic mass is 10.3. The Balaban J connectivity index is 2.08. The first-order valence-corrected chi connectivity index (χ1v) is 3.52. The molecule has 2 rings (SSSR count). The van der Waals surface area contributed by atoms with E-state index in [1.54, 1.807) is 0 Å². The second kappa shape index (κ2) is 1.27. The normalized spacial score (nSPS) is 51.4. The van der Waals surface area contributed by atoms with Gasteiger partial charge in [-0.25, -0.2) is 0 Å². The third-order valence-corrected chi connectivity index (χ3v) is 2.80. The SMILES string of the molecule is [CH2]C[N+]12CCCC1C2. The molecule has 1 nitrogen and oxygen atoms in total. The molecule has 2 saturated heterocycles. The second-order valence-electron chi connectivity index (χ2n) is 3.14. The minimum Gasteiger partial charge on any atom is -0.312 e. The topological polar surface area (TPSA) is 0 Å². The van der Waals surface area contributed by atoms with Crippen LogP contribution in [-0.4, -0.2) is 30.2 Å². The van der Waals surface area contributed by atoms with Gasteiger partial charge in [-0.05, 0) is 0 Å². The van der Waals surface area contributed by atoms with Crippen LogP contribution in [0.4, 0.5) is 0 Å². The van der Waals surface area contributed by atoms with Crippen LogP contribution in [-0.2, 0) is 0 Å². The van der Waals surface area contributed by atoms with E-state index < -0.39 is 0 Å². The maximum Gasteiger partial charge on any atom is 0.139 e. The van der Waals surface area contributed by atoms with E-state index in [9.17, 15) is 0 Å². The molecule has 2 aliphatic rings. The summed E-state index contributed by atoms with van der Waals surface area (Å²) < 4.78 is 1.38. The molecular formula is C7H13N+. The van der Waals surface area contributed by atoms with Crippen LogP contribution < -0.4 is 0 Å². The molecule has 2 heterocycles. The minimum atomic E-state index is 1.05. The predicted octanol–water partition coefficient (Wildman–Crippen LogP) is 0.813. The van der Waals surface area contributed by atoms with Gasteiger partial charge in [0.15, 0.2) is 0 Å². The molecule has 0 aromatic carbocycles. The fourth-order valence-corrected chi connectivity index (χ4v) is 2.04. The molecule has 0 amide bonds. The zero-order chi connectivity index (χ0) is 5.61. The lowest BCUT2D eigenvalue weighted by Gasteiger charge is -2.10. The highest BCUT2D eigenvalue weighted by Gasteiger charge is 2.56. The molecular weight excluding hydrogens is 98.1 g/mol. The van der Waals surface area contributed by atoms with Crippen LogP contribution >= 0.6 is 0 Å². The van der Waals surface area contributed by atoms with Gasteiger partial charge in [0.1, 0.15) is 12.6 Å². The summed E-state index contributed by atoms with van der Waals surface area (Å²) >= 11 is 0. The van der Waals surface area contributed by atoms with Gasteiger partial charge in [0.05, 0.1) is 13.1 Å². The van der Waals surface area contributed by atoms with Crippen LogP contribution in [0.5, 0.6) is 0 Å². The number of piperidine rings is 1. The summed E-state index contributed by atoms with van der Waals surface area (Å²) in [5.74, 6) is 0. The van der Waals surface area contributed by atoms with Crippen LogP contribution in [0, 0.1) is 6.92 Å². The van der Waals surface area contributed by atoms with E-state index in [2.05, 4.69) is 6.92 Å². The molecule has 2 fully saturated rings. The summed E-state index contributed by atoms with van der Waals surface area (Å²) in [5, 5.41) is 0. The first kappa shape index (κ1) is 4.80. The minimum absolute atomic E-state index is 1.05. The first-order valence-electron chi connectivity index (χ1n) is 3.52. The van der Waals surface area contributed by atoms with Crippen molar-refractivity contribution in [3.05, 3.63) is 6.92 Å². The molecule has 0 aliphatic carbocycles. The van der Waals surface area contributed by atoms with Crippen LogP contribution in [0.2, 0.25) is 0 Å². The van der Waals surface area contributed by atoms with Crippen molar-refractivity contribution in [1.82, 2.24) is 0 Å². The van der Waals surface area contributed by atoms with E-state index in [-0.39, 0.29) is 0 Å². The van der Waals surface area contributed by atoms with Gasteiger partial charge in [-0.2, -0.15) is 0 Å². The van der Waals surface area contributed by atoms with Gasteiger partial charge >= 0.3 is 0 Å². The van der Waals surface area contributed by atoms with E-state index in [0.717, 1.165) is 12.6 Å². The monoisotopic (exact) mass is 111 g/mol. The number of hydrogen-bond acceptors (Lipinski definition) is 0. The van der Waals surface area contributed by atoms with Crippen molar-refractivity contribution in [2.45, 2.75) is 18.9 Å². The molecule has 45 valence electrons. The molecule has 0 aromatic rings. The molecule has 0 aromatic heterocycles. The van der Waals surface area contributed by atoms with Crippen molar-refractivity contribution in [2.75, 3.05) is 19.6 Å². The Labute approximate surface area is 50.9 Å². The summed E-state index contributed by atoms with van der Waals surface area (Å²) in [7, 11) is 0. The lowest BCUT2D eigenvalue weighted by molar-refractivity contribution is -0.796. The van der Waals surface area contributed by atoms with Crippen LogP contribution in [0.1, 0.15) is 12.8 Å². The van der Waals surface area contributed by atoms with E-state index in [1.165, 1.54) is 30.4 Å². The fourth-order valence-electron chi connectivity index (χ4n) is 2.04. The van der Waals surface area contributed by atoms with Gasteiger partial charge in [0.2, 0.25) is 0 Å². The molecule has 8 heavy (non-hydrogen) atoms. The Hall–Kier alpha value is -0.0400. The standard InChI is InChI=1S/C7H13N/c1-2-8-5-3-4-7(8)6-8/h7H,1-6H2/q+1. The fraction of sp³-hybridized carbons (Fsp3) is 0.857. The van der Waals surface area contributed by atoms with Crippen molar-refractivity contribution in [1.29, 1.82) is 0 Å². The number of fused-ring (bicyclic) bond motifs is 1. The van der Waals surface area contributed by atoms with Gasteiger partial charge < -0.3 is 4.48 Å². The first-order chi connectivity index (χ1) is 3.87. The number of quaternary nitrogens is 1. The van der Waals surface area contributed by atoms with Gasteiger partial charge in [0.25, 0.3) is 0 Å². The molecule has 2 aliphatic heterocycles. The van der Waals surface area contributed by atoms with Crippen LogP contribution in [0.15, 0.2) is 0 Å². The summed E-state index contributed by atoms with van der Waals surface area (Å²) in [6, 6.07) is 1.05. The Morgan fingerprint density at radius 2 is 2.50 bits per heavy atom. The second-order valence-corrected chi connectivity index (χ2v) is 3.14. The third kappa shape index (κ3) is 0.408. The van der Waals surface area contributed by atoms with Crippen molar-refractivity contribution in [2.24, 2.45) is 0 Å². The van der Waals surface area contributed by atoms with Gasteiger partial charge in [0, 0.05) is 19.8 Å². The summed E-state index contributed by atoms with van der Waals surface area (Å²) in [6.07, 6.45) is 2.94. The van der Waals surface area contributed by atoms with Crippen LogP contribution in [0.3, 0.4) is 0 Å². The third-order valence-electron chi connectivity index (χ3n) is 2.80. The highest BCUT2D eigenvalue weighted by atomic mass is 15.5. The zero-order valence-corrected chi connectivity index (χ0v) is 5.27. The summed E-state index contributed by atoms with van der Waals surface area (Å²) in [5.41, 5.74) is 0. The van der Waals surface area contributed by atoms with E-state index in [0.29, 0.717) is 0 Å². The van der Waals surface area contributed by atoms with Crippen molar-refractivity contribution in [3.63, 3.8) is 0 Å². The van der Waals surface area contributed by atoms with E-state index in [1.807, 2.05) is 0 Å². The Morgan fingerprint density at radius 3 is 2.75 bits per heavy atom.